The van der Waals surface area contributed by atoms with E-state index < -0.39 is 10.0 Å². The molecule has 0 aliphatic carbocycles. The molecule has 5 nitrogen and oxygen atoms in total. The van der Waals surface area contributed by atoms with E-state index in [0.29, 0.717) is 22.0 Å². The van der Waals surface area contributed by atoms with Crippen LogP contribution < -0.4 is 10.0 Å². The van der Waals surface area contributed by atoms with Gasteiger partial charge in [0.1, 0.15) is 0 Å². The molecule has 27 heavy (non-hydrogen) atoms. The van der Waals surface area contributed by atoms with Gasteiger partial charge in [-0.25, -0.2) is 8.42 Å². The third kappa shape index (κ3) is 5.09. The van der Waals surface area contributed by atoms with Gasteiger partial charge >= 0.3 is 0 Å². The zero-order valence-electron chi connectivity index (χ0n) is 13.8. The number of carbonyl (C=O) groups is 1. The normalized spacial score (nSPS) is 11.0. The minimum atomic E-state index is -3.70. The number of benzene rings is 3. The van der Waals surface area contributed by atoms with Gasteiger partial charge in [-0.05, 0) is 72.8 Å². The Balaban J connectivity index is 1.70. The van der Waals surface area contributed by atoms with Crippen molar-refractivity contribution < 1.29 is 13.2 Å². The van der Waals surface area contributed by atoms with Gasteiger partial charge in [-0.1, -0.05) is 27.5 Å². The fraction of sp³-hybridized carbons (Fsp3) is 0. The molecule has 0 bridgehead atoms. The number of carbonyl (C=O) groups excluding carboxylic acids is 1. The van der Waals surface area contributed by atoms with E-state index in [1.165, 1.54) is 24.3 Å². The number of hydrogen-bond acceptors (Lipinski definition) is 3. The maximum Gasteiger partial charge on any atom is 0.261 e. The molecular formula is C19H14BrClN2O3S. The maximum atomic E-state index is 12.4. The first-order valence-electron chi connectivity index (χ1n) is 7.79. The van der Waals surface area contributed by atoms with Crippen LogP contribution in [0.3, 0.4) is 0 Å². The molecule has 2 N–H and O–H groups in total. The van der Waals surface area contributed by atoms with Gasteiger partial charge in [0.2, 0.25) is 0 Å². The van der Waals surface area contributed by atoms with E-state index in [4.69, 9.17) is 11.6 Å². The predicted octanol–water partition coefficient (Wildman–Crippen LogP) is 5.16. The van der Waals surface area contributed by atoms with Crippen molar-refractivity contribution in [1.29, 1.82) is 0 Å². The molecule has 3 aromatic carbocycles. The lowest BCUT2D eigenvalue weighted by atomic mass is 10.2. The number of sulfonamides is 1. The fourth-order valence-electron chi connectivity index (χ4n) is 2.25. The number of halogens is 2. The lowest BCUT2D eigenvalue weighted by Crippen LogP contribution is -2.14. The van der Waals surface area contributed by atoms with Gasteiger partial charge in [0.15, 0.2) is 0 Å². The molecule has 0 aliphatic heterocycles. The molecule has 3 aromatic rings. The van der Waals surface area contributed by atoms with Gasteiger partial charge in [0.25, 0.3) is 15.9 Å². The van der Waals surface area contributed by atoms with Crippen molar-refractivity contribution in [2.24, 2.45) is 0 Å². The minimum Gasteiger partial charge on any atom is -0.322 e. The molecule has 0 atom stereocenters. The molecule has 0 spiro atoms. The molecule has 0 fully saturated rings. The Labute approximate surface area is 170 Å². The van der Waals surface area contributed by atoms with E-state index in [1.54, 1.807) is 48.5 Å². The van der Waals surface area contributed by atoms with Crippen LogP contribution in [0.4, 0.5) is 11.4 Å². The summed E-state index contributed by atoms with van der Waals surface area (Å²) in [6, 6.07) is 19.2. The maximum absolute atomic E-state index is 12.4. The Bertz CT molecular complexity index is 1050. The van der Waals surface area contributed by atoms with Crippen LogP contribution in [0.15, 0.2) is 82.2 Å². The average molecular weight is 466 g/mol. The van der Waals surface area contributed by atoms with Gasteiger partial charge in [-0.2, -0.15) is 0 Å². The first kappa shape index (κ1) is 19.4. The standard InChI is InChI=1S/C19H14BrClN2O3S/c20-14-3-11-18(12-4-14)27(25,26)23-17-7-1-13(2-8-17)19(24)22-16-9-5-15(21)6-10-16/h1-12,23H,(H,22,24). The van der Waals surface area contributed by atoms with E-state index in [9.17, 15) is 13.2 Å². The highest BCUT2D eigenvalue weighted by atomic mass is 79.9. The zero-order chi connectivity index (χ0) is 19.4. The lowest BCUT2D eigenvalue weighted by Gasteiger charge is -2.09. The third-order valence-electron chi connectivity index (χ3n) is 3.63. The second-order valence-electron chi connectivity index (χ2n) is 5.60. The molecule has 0 radical (unpaired) electrons. The summed E-state index contributed by atoms with van der Waals surface area (Å²) in [4.78, 5) is 12.4. The van der Waals surface area contributed by atoms with E-state index >= 15 is 0 Å². The summed E-state index contributed by atoms with van der Waals surface area (Å²) in [5.41, 5.74) is 1.38. The predicted molar refractivity (Wildman–Crippen MR) is 111 cm³/mol. The van der Waals surface area contributed by atoms with Crippen LogP contribution in [-0.4, -0.2) is 14.3 Å². The largest absolute Gasteiger partial charge is 0.322 e. The second-order valence-corrected chi connectivity index (χ2v) is 8.63. The van der Waals surface area contributed by atoms with E-state index in [0.717, 1.165) is 4.47 Å². The van der Waals surface area contributed by atoms with E-state index in [2.05, 4.69) is 26.0 Å². The smallest absolute Gasteiger partial charge is 0.261 e. The summed E-state index contributed by atoms with van der Waals surface area (Å²) in [5, 5.41) is 3.32. The first-order valence-corrected chi connectivity index (χ1v) is 10.4. The van der Waals surface area contributed by atoms with Gasteiger partial charge in [-0.15, -0.1) is 0 Å². The molecule has 0 aliphatic rings. The summed E-state index contributed by atoms with van der Waals surface area (Å²) < 4.78 is 28.0. The minimum absolute atomic E-state index is 0.148. The zero-order valence-corrected chi connectivity index (χ0v) is 17.0. The first-order chi connectivity index (χ1) is 12.8. The number of hydrogen-bond donors (Lipinski definition) is 2. The van der Waals surface area contributed by atoms with Crippen molar-refractivity contribution >= 4 is 54.8 Å². The van der Waals surface area contributed by atoms with Gasteiger partial charge in [0, 0.05) is 26.4 Å². The molecule has 0 unspecified atom stereocenters. The summed E-state index contributed by atoms with van der Waals surface area (Å²) in [6.45, 7) is 0. The summed E-state index contributed by atoms with van der Waals surface area (Å²) in [7, 11) is -3.70. The second kappa shape index (κ2) is 8.12. The molecule has 8 heteroatoms. The highest BCUT2D eigenvalue weighted by Gasteiger charge is 2.14. The van der Waals surface area contributed by atoms with Crippen molar-refractivity contribution in [1.82, 2.24) is 0 Å². The number of rotatable bonds is 5. The Morgan fingerprint density at radius 2 is 1.37 bits per heavy atom. The summed E-state index contributed by atoms with van der Waals surface area (Å²) in [6.07, 6.45) is 0. The van der Waals surface area contributed by atoms with Crippen molar-refractivity contribution in [3.8, 4) is 0 Å². The number of amides is 1. The SMILES string of the molecule is O=C(Nc1ccc(Cl)cc1)c1ccc(NS(=O)(=O)c2ccc(Br)cc2)cc1. The van der Waals surface area contributed by atoms with Crippen molar-refractivity contribution in [2.75, 3.05) is 10.0 Å². The van der Waals surface area contributed by atoms with Crippen molar-refractivity contribution in [3.63, 3.8) is 0 Å². The van der Waals surface area contributed by atoms with E-state index in [1.807, 2.05) is 0 Å². The molecular weight excluding hydrogens is 452 g/mol. The van der Waals surface area contributed by atoms with Crippen LogP contribution >= 0.6 is 27.5 Å². The quantitative estimate of drug-likeness (QED) is 0.547. The molecule has 1 amide bonds. The van der Waals surface area contributed by atoms with Gasteiger partial charge in [-0.3, -0.25) is 9.52 Å². The monoisotopic (exact) mass is 464 g/mol. The van der Waals surface area contributed by atoms with Crippen molar-refractivity contribution in [3.05, 3.63) is 87.9 Å². The summed E-state index contributed by atoms with van der Waals surface area (Å²) >= 11 is 9.08. The van der Waals surface area contributed by atoms with Crippen LogP contribution in [-0.2, 0) is 10.0 Å². The van der Waals surface area contributed by atoms with Crippen LogP contribution in [0, 0.1) is 0 Å². The lowest BCUT2D eigenvalue weighted by molar-refractivity contribution is 0.102. The van der Waals surface area contributed by atoms with Gasteiger partial charge in [0.05, 0.1) is 4.90 Å². The van der Waals surface area contributed by atoms with Crippen LogP contribution in [0.5, 0.6) is 0 Å². The molecule has 0 saturated heterocycles. The van der Waals surface area contributed by atoms with Crippen molar-refractivity contribution in [2.45, 2.75) is 4.90 Å². The van der Waals surface area contributed by atoms with E-state index in [-0.39, 0.29) is 10.8 Å². The fourth-order valence-corrected chi connectivity index (χ4v) is 3.70. The number of anilines is 2. The highest BCUT2D eigenvalue weighted by molar-refractivity contribution is 9.10. The topological polar surface area (TPSA) is 75.3 Å². The van der Waals surface area contributed by atoms with Crippen LogP contribution in [0.1, 0.15) is 10.4 Å². The summed E-state index contributed by atoms with van der Waals surface area (Å²) in [5.74, 6) is -0.306. The molecule has 3 rings (SSSR count). The third-order valence-corrected chi connectivity index (χ3v) is 5.80. The number of nitrogens with one attached hydrogen (secondary N) is 2. The Morgan fingerprint density at radius 3 is 1.96 bits per heavy atom. The Hall–Kier alpha value is -2.35. The van der Waals surface area contributed by atoms with Gasteiger partial charge < -0.3 is 5.32 Å². The Kier molecular flexibility index (Phi) is 5.84. The molecule has 0 aromatic heterocycles. The Morgan fingerprint density at radius 1 is 0.815 bits per heavy atom. The van der Waals surface area contributed by atoms with Crippen LogP contribution in [0.25, 0.3) is 0 Å². The molecule has 0 heterocycles. The molecule has 138 valence electrons. The highest BCUT2D eigenvalue weighted by Crippen LogP contribution is 2.20. The average Bonchev–Trinajstić information content (AvgIpc) is 2.64. The van der Waals surface area contributed by atoms with Crippen LogP contribution in [0.2, 0.25) is 5.02 Å². The molecule has 0 saturated carbocycles.